The molecule has 3 heterocycles. The zero-order chi connectivity index (χ0) is 19.7. The zero-order valence-electron chi connectivity index (χ0n) is 15.6. The van der Waals surface area contributed by atoms with E-state index in [0.29, 0.717) is 17.2 Å². The third-order valence-corrected chi connectivity index (χ3v) is 4.66. The van der Waals surface area contributed by atoms with Gasteiger partial charge in [0.25, 0.3) is 0 Å². The van der Waals surface area contributed by atoms with Crippen molar-refractivity contribution in [3.63, 3.8) is 0 Å². The first kappa shape index (κ1) is 17.5. The lowest BCUT2D eigenvalue weighted by Crippen LogP contribution is -2.10. The van der Waals surface area contributed by atoms with Crippen molar-refractivity contribution in [1.29, 1.82) is 5.26 Å². The van der Waals surface area contributed by atoms with Crippen LogP contribution < -0.4 is 11.1 Å². The van der Waals surface area contributed by atoms with Gasteiger partial charge in [0.05, 0.1) is 29.7 Å². The summed E-state index contributed by atoms with van der Waals surface area (Å²) in [5.74, 6) is 0.445. The number of benzene rings is 1. The zero-order valence-corrected chi connectivity index (χ0v) is 15.6. The number of nitriles is 1. The molecule has 138 valence electrons. The van der Waals surface area contributed by atoms with Gasteiger partial charge in [-0.1, -0.05) is 18.2 Å². The number of nitrogens with two attached hydrogens (primary N) is 1. The molecule has 28 heavy (non-hydrogen) atoms. The lowest BCUT2D eigenvalue weighted by molar-refractivity contribution is 0.860. The van der Waals surface area contributed by atoms with Crippen molar-refractivity contribution in [1.82, 2.24) is 19.4 Å². The van der Waals surface area contributed by atoms with Gasteiger partial charge >= 0.3 is 0 Å². The molecule has 7 nitrogen and oxygen atoms in total. The summed E-state index contributed by atoms with van der Waals surface area (Å²) in [7, 11) is 0. The summed E-state index contributed by atoms with van der Waals surface area (Å²) >= 11 is 0. The van der Waals surface area contributed by atoms with E-state index in [1.165, 1.54) is 6.20 Å². The lowest BCUT2D eigenvalue weighted by Gasteiger charge is -2.15. The van der Waals surface area contributed by atoms with Crippen molar-refractivity contribution >= 4 is 17.3 Å². The molecule has 7 heteroatoms. The van der Waals surface area contributed by atoms with Crippen molar-refractivity contribution in [2.75, 3.05) is 11.1 Å². The number of nitrogen functional groups attached to an aromatic ring is 1. The van der Waals surface area contributed by atoms with Crippen molar-refractivity contribution in [3.8, 4) is 17.5 Å². The van der Waals surface area contributed by atoms with Gasteiger partial charge in [-0.2, -0.15) is 5.26 Å². The van der Waals surface area contributed by atoms with E-state index in [0.717, 1.165) is 28.2 Å². The van der Waals surface area contributed by atoms with Crippen LogP contribution in [0.4, 0.5) is 11.6 Å². The summed E-state index contributed by atoms with van der Waals surface area (Å²) in [5.41, 5.74) is 11.1. The Morgan fingerprint density at radius 1 is 1.14 bits per heavy atom. The molecule has 0 saturated carbocycles. The average Bonchev–Trinajstić information content (AvgIpc) is 3.14. The highest BCUT2D eigenvalue weighted by molar-refractivity contribution is 5.68. The smallest absolute Gasteiger partial charge is 0.223 e. The number of hydrogen-bond donors (Lipinski definition) is 2. The molecule has 0 bridgehead atoms. The number of nitrogens with one attached hydrogen (secondary N) is 1. The predicted octanol–water partition coefficient (Wildman–Crippen LogP) is 3.73. The molecule has 0 unspecified atom stereocenters. The second kappa shape index (κ2) is 7.00. The van der Waals surface area contributed by atoms with Crippen LogP contribution in [-0.2, 0) is 0 Å². The third-order valence-electron chi connectivity index (χ3n) is 4.66. The molecule has 4 rings (SSSR count). The van der Waals surface area contributed by atoms with E-state index in [-0.39, 0.29) is 6.04 Å². The Bertz CT molecular complexity index is 1190. The summed E-state index contributed by atoms with van der Waals surface area (Å²) in [4.78, 5) is 13.4. The van der Waals surface area contributed by atoms with E-state index >= 15 is 0 Å². The predicted molar refractivity (Wildman–Crippen MR) is 109 cm³/mol. The van der Waals surface area contributed by atoms with E-state index in [9.17, 15) is 5.26 Å². The fourth-order valence-electron chi connectivity index (χ4n) is 3.12. The minimum absolute atomic E-state index is 0.0224. The number of pyridine rings is 1. The van der Waals surface area contributed by atoms with Crippen LogP contribution in [0.5, 0.6) is 0 Å². The minimum atomic E-state index is -0.0224. The van der Waals surface area contributed by atoms with Gasteiger partial charge in [-0.05, 0) is 43.2 Å². The maximum atomic E-state index is 9.53. The number of imidazole rings is 1. The Morgan fingerprint density at radius 3 is 2.68 bits per heavy atom. The highest BCUT2D eigenvalue weighted by Gasteiger charge is 2.16. The molecule has 0 spiro atoms. The fourth-order valence-corrected chi connectivity index (χ4v) is 3.12. The maximum absolute atomic E-state index is 9.53. The molecular formula is C21H19N7. The van der Waals surface area contributed by atoms with Gasteiger partial charge in [-0.25, -0.2) is 15.0 Å². The Hall–Kier alpha value is -3.92. The quantitative estimate of drug-likeness (QED) is 0.531. The standard InChI is InChI=1S/C21H19N7/c1-13-4-3-9-28-18(12-24-20(13)28)19-16(10-22)11-25-21(27-19)26-14(2)15-5-7-17(23)8-6-15/h3-9,11-12,14H,23H2,1-2H3,(H,25,26,27)/t14-/m0/s1. The molecule has 3 N–H and O–H groups in total. The average molecular weight is 369 g/mol. The van der Waals surface area contributed by atoms with Crippen LogP contribution in [0, 0.1) is 18.3 Å². The summed E-state index contributed by atoms with van der Waals surface area (Å²) in [6.45, 7) is 4.02. The molecule has 0 radical (unpaired) electrons. The van der Waals surface area contributed by atoms with Crippen LogP contribution in [0.1, 0.15) is 29.7 Å². The SMILES string of the molecule is Cc1cccn2c(-c3nc(N[C@@H](C)c4ccc(N)cc4)ncc3C#N)cnc12. The fraction of sp³-hybridized carbons (Fsp3) is 0.143. The topological polar surface area (TPSA) is 105 Å². The molecule has 0 aliphatic carbocycles. The Morgan fingerprint density at radius 2 is 1.93 bits per heavy atom. The molecule has 0 amide bonds. The van der Waals surface area contributed by atoms with Gasteiger partial charge in [-0.3, -0.25) is 4.40 Å². The van der Waals surface area contributed by atoms with Gasteiger partial charge in [0, 0.05) is 11.9 Å². The Labute approximate surface area is 162 Å². The summed E-state index contributed by atoms with van der Waals surface area (Å²) in [5, 5.41) is 12.8. The molecule has 3 aromatic heterocycles. The van der Waals surface area contributed by atoms with E-state index < -0.39 is 0 Å². The number of aromatic nitrogens is 4. The monoisotopic (exact) mass is 369 g/mol. The number of nitrogens with zero attached hydrogens (tertiary/aromatic N) is 5. The van der Waals surface area contributed by atoms with Crippen LogP contribution in [0.25, 0.3) is 17.0 Å². The Balaban J connectivity index is 1.73. The number of anilines is 2. The molecule has 1 atom stereocenters. The maximum Gasteiger partial charge on any atom is 0.223 e. The minimum Gasteiger partial charge on any atom is -0.399 e. The van der Waals surface area contributed by atoms with Crippen LogP contribution in [-0.4, -0.2) is 19.4 Å². The van der Waals surface area contributed by atoms with E-state index in [1.807, 2.05) is 60.8 Å². The van der Waals surface area contributed by atoms with E-state index in [1.54, 1.807) is 6.20 Å². The largest absolute Gasteiger partial charge is 0.399 e. The number of rotatable bonds is 4. The highest BCUT2D eigenvalue weighted by Crippen LogP contribution is 2.25. The van der Waals surface area contributed by atoms with Crippen LogP contribution in [0.15, 0.2) is 55.0 Å². The normalized spacial score (nSPS) is 11.9. The lowest BCUT2D eigenvalue weighted by atomic mass is 10.1. The number of fused-ring (bicyclic) bond motifs is 1. The molecule has 0 saturated heterocycles. The van der Waals surface area contributed by atoms with E-state index in [4.69, 9.17) is 5.73 Å². The van der Waals surface area contributed by atoms with Gasteiger partial charge in [0.15, 0.2) is 0 Å². The second-order valence-electron chi connectivity index (χ2n) is 6.63. The van der Waals surface area contributed by atoms with Crippen molar-refractivity contribution in [2.24, 2.45) is 0 Å². The first-order chi connectivity index (χ1) is 13.6. The third kappa shape index (κ3) is 3.12. The van der Waals surface area contributed by atoms with Crippen molar-refractivity contribution in [3.05, 3.63) is 71.7 Å². The number of aryl methyl sites for hydroxylation is 1. The molecule has 1 aromatic carbocycles. The first-order valence-corrected chi connectivity index (χ1v) is 8.89. The van der Waals surface area contributed by atoms with Crippen molar-refractivity contribution < 1.29 is 0 Å². The van der Waals surface area contributed by atoms with Crippen molar-refractivity contribution in [2.45, 2.75) is 19.9 Å². The molecule has 0 fully saturated rings. The van der Waals surface area contributed by atoms with Crippen LogP contribution >= 0.6 is 0 Å². The highest BCUT2D eigenvalue weighted by atomic mass is 15.1. The summed E-state index contributed by atoms with van der Waals surface area (Å²) in [6, 6.07) is 13.7. The first-order valence-electron chi connectivity index (χ1n) is 8.89. The summed E-state index contributed by atoms with van der Waals surface area (Å²) in [6.07, 6.45) is 5.19. The van der Waals surface area contributed by atoms with Crippen LogP contribution in [0.3, 0.4) is 0 Å². The van der Waals surface area contributed by atoms with E-state index in [2.05, 4.69) is 26.3 Å². The van der Waals surface area contributed by atoms with Gasteiger partial charge < -0.3 is 11.1 Å². The molecule has 0 aliphatic heterocycles. The summed E-state index contributed by atoms with van der Waals surface area (Å²) < 4.78 is 1.94. The van der Waals surface area contributed by atoms with Gasteiger partial charge in [-0.15, -0.1) is 0 Å². The van der Waals surface area contributed by atoms with Gasteiger partial charge in [0.2, 0.25) is 5.95 Å². The number of hydrogen-bond acceptors (Lipinski definition) is 6. The Kier molecular flexibility index (Phi) is 4.38. The van der Waals surface area contributed by atoms with Crippen LogP contribution in [0.2, 0.25) is 0 Å². The molecule has 4 aromatic rings. The van der Waals surface area contributed by atoms with Gasteiger partial charge in [0.1, 0.15) is 17.4 Å². The molecule has 0 aliphatic rings. The second-order valence-corrected chi connectivity index (χ2v) is 6.63. The molecular weight excluding hydrogens is 350 g/mol.